The number of nitrogens with two attached hydrogens (primary N) is 1. The molecule has 0 radical (unpaired) electrons. The molecule has 1 aromatic heterocycles. The number of carboxylic acids is 1. The summed E-state index contributed by atoms with van der Waals surface area (Å²) in [6, 6.07) is -0.815. The van der Waals surface area contributed by atoms with E-state index in [1.807, 2.05) is 18.5 Å². The van der Waals surface area contributed by atoms with Crippen LogP contribution in [0.15, 0.2) is 0 Å². The highest BCUT2D eigenvalue weighted by Crippen LogP contribution is 2.11. The Labute approximate surface area is 91.9 Å². The van der Waals surface area contributed by atoms with Crippen molar-refractivity contribution in [3.8, 4) is 0 Å². The standard InChI is InChI=1S/C8H14N4O2S/c1-5-10-11-7(12(5)2)4-15-3-6(9)8(13)14/h6H,3-4,9H2,1-2H3,(H,13,14)/t6-/m1/s1. The molecule has 84 valence electrons. The Morgan fingerprint density at radius 1 is 1.67 bits per heavy atom. The van der Waals surface area contributed by atoms with Gasteiger partial charge < -0.3 is 15.4 Å². The van der Waals surface area contributed by atoms with Crippen molar-refractivity contribution in [2.24, 2.45) is 12.8 Å². The molecule has 6 nitrogen and oxygen atoms in total. The molecule has 15 heavy (non-hydrogen) atoms. The van der Waals surface area contributed by atoms with Gasteiger partial charge in [-0.2, -0.15) is 11.8 Å². The molecule has 0 amide bonds. The maximum atomic E-state index is 10.4. The van der Waals surface area contributed by atoms with Gasteiger partial charge in [-0.15, -0.1) is 10.2 Å². The third kappa shape index (κ3) is 3.21. The summed E-state index contributed by atoms with van der Waals surface area (Å²) in [5.74, 6) is 1.69. The fourth-order valence-corrected chi connectivity index (χ4v) is 1.87. The number of aliphatic carboxylic acids is 1. The van der Waals surface area contributed by atoms with Gasteiger partial charge in [-0.25, -0.2) is 0 Å². The van der Waals surface area contributed by atoms with Crippen LogP contribution in [0.4, 0.5) is 0 Å². The van der Waals surface area contributed by atoms with Crippen LogP contribution in [0, 0.1) is 6.92 Å². The van der Waals surface area contributed by atoms with Crippen molar-refractivity contribution in [2.75, 3.05) is 5.75 Å². The second-order valence-electron chi connectivity index (χ2n) is 3.18. The minimum Gasteiger partial charge on any atom is -0.480 e. The summed E-state index contributed by atoms with van der Waals surface area (Å²) in [7, 11) is 1.88. The second-order valence-corrected chi connectivity index (χ2v) is 4.21. The molecule has 0 aromatic carbocycles. The molecular formula is C8H14N4O2S. The smallest absolute Gasteiger partial charge is 0.321 e. The normalized spacial score (nSPS) is 12.7. The maximum absolute atomic E-state index is 10.4. The quantitative estimate of drug-likeness (QED) is 0.725. The van der Waals surface area contributed by atoms with E-state index < -0.39 is 12.0 Å². The highest BCUT2D eigenvalue weighted by atomic mass is 32.2. The van der Waals surface area contributed by atoms with Crippen molar-refractivity contribution in [1.29, 1.82) is 0 Å². The summed E-state index contributed by atoms with van der Waals surface area (Å²) < 4.78 is 1.87. The topological polar surface area (TPSA) is 94.0 Å². The van der Waals surface area contributed by atoms with Gasteiger partial charge in [0.15, 0.2) is 0 Å². The van der Waals surface area contributed by atoms with Gasteiger partial charge in [0.2, 0.25) is 0 Å². The van der Waals surface area contributed by atoms with Crippen LogP contribution in [-0.2, 0) is 17.6 Å². The number of aromatic nitrogens is 3. The number of rotatable bonds is 5. The van der Waals surface area contributed by atoms with Crippen LogP contribution < -0.4 is 5.73 Å². The zero-order valence-corrected chi connectivity index (χ0v) is 9.49. The van der Waals surface area contributed by atoms with Crippen molar-refractivity contribution in [2.45, 2.75) is 18.7 Å². The van der Waals surface area contributed by atoms with E-state index in [-0.39, 0.29) is 0 Å². The Morgan fingerprint density at radius 3 is 2.80 bits per heavy atom. The second kappa shape index (κ2) is 5.13. The average molecular weight is 230 g/mol. The van der Waals surface area contributed by atoms with E-state index in [0.29, 0.717) is 11.5 Å². The number of carbonyl (C=O) groups is 1. The van der Waals surface area contributed by atoms with E-state index >= 15 is 0 Å². The molecule has 0 spiro atoms. The number of hydrogen-bond donors (Lipinski definition) is 2. The Kier molecular flexibility index (Phi) is 4.10. The van der Waals surface area contributed by atoms with Crippen LogP contribution >= 0.6 is 11.8 Å². The third-order valence-electron chi connectivity index (χ3n) is 2.03. The number of aryl methyl sites for hydroxylation is 1. The zero-order valence-electron chi connectivity index (χ0n) is 8.67. The van der Waals surface area contributed by atoms with Crippen molar-refractivity contribution in [1.82, 2.24) is 14.8 Å². The van der Waals surface area contributed by atoms with Gasteiger partial charge in [-0.3, -0.25) is 4.79 Å². The molecule has 3 N–H and O–H groups in total. The maximum Gasteiger partial charge on any atom is 0.321 e. The van der Waals surface area contributed by atoms with Crippen LogP contribution in [0.3, 0.4) is 0 Å². The Hall–Kier alpha value is -1.08. The average Bonchev–Trinajstić information content (AvgIpc) is 2.49. The van der Waals surface area contributed by atoms with Gasteiger partial charge >= 0.3 is 5.97 Å². The van der Waals surface area contributed by atoms with E-state index in [1.54, 1.807) is 0 Å². The van der Waals surface area contributed by atoms with Gasteiger partial charge in [-0.1, -0.05) is 0 Å². The Balaban J connectivity index is 2.38. The Morgan fingerprint density at radius 2 is 2.33 bits per heavy atom. The van der Waals surface area contributed by atoms with Crippen molar-refractivity contribution >= 4 is 17.7 Å². The first-order chi connectivity index (χ1) is 7.02. The number of nitrogens with zero attached hydrogens (tertiary/aromatic N) is 3. The SMILES string of the molecule is Cc1nnc(CSC[C@@H](N)C(=O)O)n1C. The molecule has 7 heteroatoms. The minimum atomic E-state index is -0.975. The molecule has 0 aliphatic rings. The molecule has 1 atom stereocenters. The van der Waals surface area contributed by atoms with Crippen LogP contribution in [0.1, 0.15) is 11.6 Å². The lowest BCUT2D eigenvalue weighted by Crippen LogP contribution is -2.32. The summed E-state index contributed by atoms with van der Waals surface area (Å²) in [6.45, 7) is 1.87. The number of hydrogen-bond acceptors (Lipinski definition) is 5. The first-order valence-electron chi connectivity index (χ1n) is 4.43. The molecule has 0 aliphatic carbocycles. The first kappa shape index (κ1) is 12.0. The van der Waals surface area contributed by atoms with Crippen LogP contribution in [0.5, 0.6) is 0 Å². The highest BCUT2D eigenvalue weighted by Gasteiger charge is 2.12. The fraction of sp³-hybridized carbons (Fsp3) is 0.625. The van der Waals surface area contributed by atoms with Gasteiger partial charge in [0.1, 0.15) is 17.7 Å². The third-order valence-corrected chi connectivity index (χ3v) is 3.09. The van der Waals surface area contributed by atoms with Crippen LogP contribution in [0.25, 0.3) is 0 Å². The molecule has 1 rings (SSSR count). The molecule has 1 aromatic rings. The lowest BCUT2D eigenvalue weighted by atomic mass is 10.4. The molecule has 0 aliphatic heterocycles. The predicted molar refractivity (Wildman–Crippen MR) is 57.5 cm³/mol. The Bertz CT molecular complexity index is 352. The van der Waals surface area contributed by atoms with Gasteiger partial charge in [-0.05, 0) is 6.92 Å². The minimum absolute atomic E-state index is 0.376. The van der Waals surface area contributed by atoms with Crippen LogP contribution in [0.2, 0.25) is 0 Å². The molecule has 1 heterocycles. The van der Waals surface area contributed by atoms with E-state index in [1.165, 1.54) is 11.8 Å². The van der Waals surface area contributed by atoms with E-state index in [2.05, 4.69) is 10.2 Å². The number of carboxylic acid groups (broad SMARTS) is 1. The largest absolute Gasteiger partial charge is 0.480 e. The molecule has 0 bridgehead atoms. The molecule has 0 saturated carbocycles. The van der Waals surface area contributed by atoms with E-state index in [0.717, 1.165) is 11.6 Å². The van der Waals surface area contributed by atoms with Gasteiger partial charge in [0.25, 0.3) is 0 Å². The molecule has 0 unspecified atom stereocenters. The lowest BCUT2D eigenvalue weighted by molar-refractivity contribution is -0.137. The predicted octanol–water partition coefficient (Wildman–Crippen LogP) is -0.231. The van der Waals surface area contributed by atoms with Crippen molar-refractivity contribution < 1.29 is 9.90 Å². The van der Waals surface area contributed by atoms with E-state index in [9.17, 15) is 4.79 Å². The van der Waals surface area contributed by atoms with Gasteiger partial charge in [0.05, 0.1) is 5.75 Å². The summed E-state index contributed by atoms with van der Waals surface area (Å²) in [5, 5.41) is 16.4. The van der Waals surface area contributed by atoms with Crippen molar-refractivity contribution in [3.05, 3.63) is 11.6 Å². The summed E-state index contributed by atoms with van der Waals surface area (Å²) in [4.78, 5) is 10.4. The molecule has 0 fully saturated rings. The van der Waals surface area contributed by atoms with Crippen molar-refractivity contribution in [3.63, 3.8) is 0 Å². The highest BCUT2D eigenvalue weighted by molar-refractivity contribution is 7.98. The summed E-state index contributed by atoms with van der Waals surface area (Å²) in [5.41, 5.74) is 5.36. The summed E-state index contributed by atoms with van der Waals surface area (Å²) in [6.07, 6.45) is 0. The number of thioether (sulfide) groups is 1. The monoisotopic (exact) mass is 230 g/mol. The lowest BCUT2D eigenvalue weighted by Gasteiger charge is -2.05. The molecule has 0 saturated heterocycles. The summed E-state index contributed by atoms with van der Waals surface area (Å²) >= 11 is 1.44. The zero-order chi connectivity index (χ0) is 11.4. The fourth-order valence-electron chi connectivity index (χ4n) is 0.925. The van der Waals surface area contributed by atoms with Crippen LogP contribution in [-0.4, -0.2) is 37.6 Å². The van der Waals surface area contributed by atoms with Gasteiger partial charge in [0, 0.05) is 12.8 Å². The molecular weight excluding hydrogens is 216 g/mol. The van der Waals surface area contributed by atoms with E-state index in [4.69, 9.17) is 10.8 Å². The first-order valence-corrected chi connectivity index (χ1v) is 5.59.